The zero-order valence-electron chi connectivity index (χ0n) is 22.9. The van der Waals surface area contributed by atoms with Gasteiger partial charge in [0.05, 0.1) is 12.7 Å². The van der Waals surface area contributed by atoms with E-state index in [0.29, 0.717) is 46.8 Å². The molecule has 10 heteroatoms. The van der Waals surface area contributed by atoms with Crippen molar-refractivity contribution in [3.63, 3.8) is 0 Å². The van der Waals surface area contributed by atoms with Crippen LogP contribution in [0.2, 0.25) is 10.0 Å². The van der Waals surface area contributed by atoms with Crippen molar-refractivity contribution in [2.45, 2.75) is 20.3 Å². The smallest absolute Gasteiger partial charge is 0.332 e. The second-order valence-corrected chi connectivity index (χ2v) is 10.4. The molecule has 2 aromatic carbocycles. The zero-order chi connectivity index (χ0) is 28.3. The van der Waals surface area contributed by atoms with Gasteiger partial charge in [-0.15, -0.1) is 0 Å². The molecule has 3 aromatic rings. The summed E-state index contributed by atoms with van der Waals surface area (Å²) in [5.74, 6) is 1.89. The maximum Gasteiger partial charge on any atom is 0.332 e. The molecule has 8 nitrogen and oxygen atoms in total. The number of hydrogen-bond donors (Lipinski definition) is 0. The van der Waals surface area contributed by atoms with Crippen LogP contribution in [0.4, 0.5) is 11.5 Å². The number of ether oxygens (including phenoxy) is 1. The maximum absolute atomic E-state index is 12.7. The number of anilines is 1. The van der Waals surface area contributed by atoms with Gasteiger partial charge in [-0.2, -0.15) is 0 Å². The Balaban J connectivity index is 1.69. The van der Waals surface area contributed by atoms with Crippen molar-refractivity contribution < 1.29 is 4.74 Å². The molecule has 4 rings (SSSR count). The van der Waals surface area contributed by atoms with Crippen molar-refractivity contribution in [3.8, 4) is 5.75 Å². The molecule has 1 aromatic heterocycles. The monoisotopic (exact) mass is 569 g/mol. The number of hydrogen-bond acceptors (Lipinski definition) is 5. The largest absolute Gasteiger partial charge is 0.497 e. The van der Waals surface area contributed by atoms with Gasteiger partial charge < -0.3 is 14.5 Å². The first-order chi connectivity index (χ1) is 18.6. The van der Waals surface area contributed by atoms with Crippen LogP contribution in [-0.4, -0.2) is 53.2 Å². The minimum absolute atomic E-state index is 0.351. The van der Waals surface area contributed by atoms with E-state index in [1.165, 1.54) is 11.6 Å². The number of piperazine rings is 1. The van der Waals surface area contributed by atoms with E-state index in [1.54, 1.807) is 33.2 Å². The molecule has 1 aliphatic heterocycles. The minimum Gasteiger partial charge on any atom is -0.497 e. The van der Waals surface area contributed by atoms with Gasteiger partial charge in [-0.1, -0.05) is 29.3 Å². The maximum atomic E-state index is 12.7. The average molecular weight is 571 g/mol. The van der Waals surface area contributed by atoms with Crippen molar-refractivity contribution in [3.05, 3.63) is 96.1 Å². The first kappa shape index (κ1) is 28.5. The van der Waals surface area contributed by atoms with Crippen molar-refractivity contribution in [1.29, 1.82) is 0 Å². The summed E-state index contributed by atoms with van der Waals surface area (Å²) in [6, 6.07) is 13.4. The van der Waals surface area contributed by atoms with Crippen LogP contribution in [0.5, 0.6) is 5.75 Å². The van der Waals surface area contributed by atoms with Gasteiger partial charge in [0, 0.05) is 56.0 Å². The molecule has 39 heavy (non-hydrogen) atoms. The summed E-state index contributed by atoms with van der Waals surface area (Å²) in [7, 11) is 4.77. The van der Waals surface area contributed by atoms with Gasteiger partial charge in [0.1, 0.15) is 17.4 Å². The Bertz CT molecular complexity index is 1490. The fraction of sp³-hybridized carbons (Fsp3) is 0.345. The van der Waals surface area contributed by atoms with Crippen molar-refractivity contribution >= 4 is 40.5 Å². The Morgan fingerprint density at radius 3 is 2.31 bits per heavy atom. The molecule has 0 spiro atoms. The summed E-state index contributed by atoms with van der Waals surface area (Å²) in [5.41, 5.74) is 2.59. The van der Waals surface area contributed by atoms with Crippen LogP contribution in [0.1, 0.15) is 18.1 Å². The van der Waals surface area contributed by atoms with Crippen LogP contribution < -0.4 is 20.9 Å². The number of allylic oxidation sites excluding steroid dienone is 1. The summed E-state index contributed by atoms with van der Waals surface area (Å²) < 4.78 is 7.81. The third-order valence-corrected chi connectivity index (χ3v) is 7.67. The van der Waals surface area contributed by atoms with Crippen molar-refractivity contribution in [2.24, 2.45) is 19.1 Å². The Kier molecular flexibility index (Phi) is 8.87. The van der Waals surface area contributed by atoms with Crippen LogP contribution in [0, 0.1) is 6.92 Å². The van der Waals surface area contributed by atoms with E-state index in [0.717, 1.165) is 40.2 Å². The predicted molar refractivity (Wildman–Crippen MR) is 159 cm³/mol. The molecule has 0 atom stereocenters. The van der Waals surface area contributed by atoms with Crippen LogP contribution in [0.15, 0.2) is 68.7 Å². The first-order valence-corrected chi connectivity index (χ1v) is 13.5. The van der Waals surface area contributed by atoms with E-state index in [4.69, 9.17) is 32.9 Å². The van der Waals surface area contributed by atoms with Crippen molar-refractivity contribution in [1.82, 2.24) is 14.0 Å². The number of aromatic nitrogens is 2. The van der Waals surface area contributed by atoms with Crippen LogP contribution in [0.3, 0.4) is 0 Å². The highest BCUT2D eigenvalue weighted by Gasteiger charge is 2.23. The summed E-state index contributed by atoms with van der Waals surface area (Å²) in [6.07, 6.45) is 2.62. The van der Waals surface area contributed by atoms with Gasteiger partial charge in [-0.05, 0) is 73.9 Å². The molecule has 0 radical (unpaired) electrons. The molecule has 0 amide bonds. The van der Waals surface area contributed by atoms with E-state index in [9.17, 15) is 9.59 Å². The number of methoxy groups -OCH3 is 1. The standard InChI is InChI=1S/C29H33Cl2N5O3/c1-19(6-7-21-18-22(30)8-13-25(21)31)26(32-27-20(2)28(37)34(4)29(38)33(27)3)36-16-14-35(15-17-36)23-9-11-24(39-5)12-10-23/h6,8-13,18H,7,14-17H2,1-5H3/b19-6-,32-26+. The zero-order valence-corrected chi connectivity index (χ0v) is 24.4. The summed E-state index contributed by atoms with van der Waals surface area (Å²) in [4.78, 5) is 34.9. The lowest BCUT2D eigenvalue weighted by Crippen LogP contribution is -2.49. The number of rotatable bonds is 6. The minimum atomic E-state index is -0.416. The Hall–Kier alpha value is -3.49. The van der Waals surface area contributed by atoms with E-state index in [-0.39, 0.29) is 5.56 Å². The lowest BCUT2D eigenvalue weighted by atomic mass is 10.1. The molecule has 1 saturated heterocycles. The number of amidine groups is 1. The molecular weight excluding hydrogens is 537 g/mol. The highest BCUT2D eigenvalue weighted by molar-refractivity contribution is 6.33. The SMILES string of the molecule is COc1ccc(N2CCN(C(=N/c3c(C)c(=O)n(C)c(=O)n3C)/C(C)=C\Cc3cc(Cl)ccc3Cl)CC2)cc1. The molecule has 0 bridgehead atoms. The highest BCUT2D eigenvalue weighted by atomic mass is 35.5. The second-order valence-electron chi connectivity index (χ2n) is 9.59. The Morgan fingerprint density at radius 1 is 1.00 bits per heavy atom. The van der Waals surface area contributed by atoms with E-state index >= 15 is 0 Å². The molecule has 0 N–H and O–H groups in total. The third-order valence-electron chi connectivity index (χ3n) is 7.07. The van der Waals surface area contributed by atoms with Crippen LogP contribution >= 0.6 is 23.2 Å². The van der Waals surface area contributed by atoms with Crippen LogP contribution in [0.25, 0.3) is 0 Å². The molecule has 0 saturated carbocycles. The molecule has 0 aliphatic carbocycles. The molecule has 206 valence electrons. The Morgan fingerprint density at radius 2 is 1.67 bits per heavy atom. The molecule has 1 fully saturated rings. The lowest BCUT2D eigenvalue weighted by molar-refractivity contribution is 0.385. The lowest BCUT2D eigenvalue weighted by Gasteiger charge is -2.38. The van der Waals surface area contributed by atoms with Crippen molar-refractivity contribution in [2.75, 3.05) is 38.2 Å². The molecule has 2 heterocycles. The molecule has 1 aliphatic rings. The summed E-state index contributed by atoms with van der Waals surface area (Å²) >= 11 is 12.6. The van der Waals surface area contributed by atoms with Gasteiger partial charge >= 0.3 is 5.69 Å². The topological polar surface area (TPSA) is 72.1 Å². The number of nitrogens with zero attached hydrogens (tertiary/aromatic N) is 5. The normalized spacial score (nSPS) is 14.6. The van der Waals surface area contributed by atoms with Gasteiger partial charge in [-0.3, -0.25) is 13.9 Å². The third kappa shape index (κ3) is 6.23. The molecular formula is C29H33Cl2N5O3. The predicted octanol–water partition coefficient (Wildman–Crippen LogP) is 4.75. The van der Waals surface area contributed by atoms with Gasteiger partial charge in [-0.25, -0.2) is 9.79 Å². The fourth-order valence-electron chi connectivity index (χ4n) is 4.69. The number of halogens is 2. The van der Waals surface area contributed by atoms with Gasteiger partial charge in [0.2, 0.25) is 0 Å². The number of benzene rings is 2. The average Bonchev–Trinajstić information content (AvgIpc) is 2.95. The van der Waals surface area contributed by atoms with Gasteiger partial charge in [0.15, 0.2) is 0 Å². The number of aliphatic imine (C=N–C) groups is 1. The quantitative estimate of drug-likeness (QED) is 0.316. The molecule has 0 unspecified atom stereocenters. The van der Waals surface area contributed by atoms with E-state index in [1.807, 2.05) is 25.1 Å². The fourth-order valence-corrected chi connectivity index (χ4v) is 5.08. The van der Waals surface area contributed by atoms with E-state index in [2.05, 4.69) is 28.0 Å². The van der Waals surface area contributed by atoms with Gasteiger partial charge in [0.25, 0.3) is 5.56 Å². The first-order valence-electron chi connectivity index (χ1n) is 12.7. The Labute approximate surface area is 238 Å². The van der Waals surface area contributed by atoms with E-state index < -0.39 is 5.69 Å². The summed E-state index contributed by atoms with van der Waals surface area (Å²) in [5, 5.41) is 1.26. The summed E-state index contributed by atoms with van der Waals surface area (Å²) in [6.45, 7) is 6.68. The van der Waals surface area contributed by atoms with Crippen LogP contribution in [-0.2, 0) is 20.5 Å². The second kappa shape index (κ2) is 12.1. The highest BCUT2D eigenvalue weighted by Crippen LogP contribution is 2.24.